The fourth-order valence-electron chi connectivity index (χ4n) is 5.77. The Hall–Kier alpha value is -2.52. The number of rotatable bonds is 13. The van der Waals surface area contributed by atoms with Crippen molar-refractivity contribution in [1.82, 2.24) is 30.2 Å². The summed E-state index contributed by atoms with van der Waals surface area (Å²) in [5.41, 5.74) is -2.00. The maximum Gasteiger partial charge on any atom is 0.320 e. The second kappa shape index (κ2) is 21.7. The van der Waals surface area contributed by atoms with Crippen LogP contribution in [0.2, 0.25) is 0 Å². The molecule has 314 valence electrons. The van der Waals surface area contributed by atoms with E-state index in [9.17, 15) is 39.6 Å². The minimum absolute atomic E-state index is 0.0143. The van der Waals surface area contributed by atoms with E-state index in [4.69, 9.17) is 18.9 Å². The highest BCUT2D eigenvalue weighted by atomic mass is 16.6. The van der Waals surface area contributed by atoms with E-state index in [1.807, 2.05) is 40.4 Å². The third-order valence-electron chi connectivity index (χ3n) is 8.27. The summed E-state index contributed by atoms with van der Waals surface area (Å²) in [6.45, 7) is 20.2. The molecule has 2 aliphatic heterocycles. The number of carbonyl (C=O) groups is 4. The van der Waals surface area contributed by atoms with Gasteiger partial charge in [0, 0.05) is 72.0 Å². The smallest absolute Gasteiger partial charge is 0.320 e. The van der Waals surface area contributed by atoms with Crippen LogP contribution < -0.4 is 10.6 Å². The Kier molecular flexibility index (Phi) is 19.1. The Morgan fingerprint density at radius 1 is 0.556 bits per heavy atom. The van der Waals surface area contributed by atoms with E-state index in [2.05, 4.69) is 10.6 Å². The molecule has 0 bridgehead atoms. The average Bonchev–Trinajstić information content (AvgIpc) is 3.00. The highest BCUT2D eigenvalue weighted by Crippen LogP contribution is 2.19. The summed E-state index contributed by atoms with van der Waals surface area (Å²) in [5.74, 6) is -1.41. The summed E-state index contributed by atoms with van der Waals surface area (Å²) in [4.78, 5) is 59.6. The standard InChI is InChI=1S/C36H68N6O12/c1-34(2,3)52-27(44)22-40-14-12-39(21-26(43)38-11-10-37-20-25-30(47)31(48)32(49)33(50)51-25)13-15-41(23-28(45)53-35(4,5)6)17-19-42(18-16-40)24-29(46)54-36(7,8)9/h25,30-33,37,47-50H,10-24H2,1-9H3,(H,38,43)/t25?,30-,31?,32?,33-/m1/s1. The van der Waals surface area contributed by atoms with Gasteiger partial charge in [0.1, 0.15) is 41.2 Å². The minimum atomic E-state index is -1.63. The van der Waals surface area contributed by atoms with E-state index >= 15 is 0 Å². The van der Waals surface area contributed by atoms with Crippen molar-refractivity contribution in [2.45, 2.75) is 110 Å². The molecule has 3 unspecified atom stereocenters. The lowest BCUT2D eigenvalue weighted by molar-refractivity contribution is -0.280. The molecule has 54 heavy (non-hydrogen) atoms. The zero-order valence-corrected chi connectivity index (χ0v) is 33.8. The van der Waals surface area contributed by atoms with E-state index in [1.54, 1.807) is 41.5 Å². The van der Waals surface area contributed by atoms with Crippen molar-refractivity contribution in [2.24, 2.45) is 0 Å². The van der Waals surface area contributed by atoms with Gasteiger partial charge in [-0.2, -0.15) is 0 Å². The van der Waals surface area contributed by atoms with Crippen LogP contribution in [0.1, 0.15) is 62.3 Å². The van der Waals surface area contributed by atoms with Crippen LogP contribution in [0.4, 0.5) is 0 Å². The fraction of sp³-hybridized carbons (Fsp3) is 0.889. The lowest BCUT2D eigenvalue weighted by atomic mass is 9.99. The van der Waals surface area contributed by atoms with Gasteiger partial charge in [0.2, 0.25) is 5.91 Å². The number of amides is 1. The van der Waals surface area contributed by atoms with Gasteiger partial charge in [-0.05, 0) is 62.3 Å². The molecular weight excluding hydrogens is 708 g/mol. The Balaban J connectivity index is 2.14. The zero-order valence-electron chi connectivity index (χ0n) is 33.8. The predicted molar refractivity (Wildman–Crippen MR) is 198 cm³/mol. The van der Waals surface area contributed by atoms with Crippen LogP contribution in [-0.2, 0) is 38.1 Å². The van der Waals surface area contributed by atoms with Crippen molar-refractivity contribution >= 4 is 23.8 Å². The molecule has 0 aromatic heterocycles. The first-order valence-electron chi connectivity index (χ1n) is 18.8. The van der Waals surface area contributed by atoms with Crippen LogP contribution in [0.5, 0.6) is 0 Å². The topological polar surface area (TPSA) is 223 Å². The second-order valence-electron chi connectivity index (χ2n) is 17.0. The Bertz CT molecular complexity index is 1140. The van der Waals surface area contributed by atoms with E-state index in [-0.39, 0.29) is 63.1 Å². The lowest BCUT2D eigenvalue weighted by Gasteiger charge is -2.38. The number of hydrogen-bond donors (Lipinski definition) is 6. The molecule has 0 spiro atoms. The van der Waals surface area contributed by atoms with Gasteiger partial charge in [-0.1, -0.05) is 0 Å². The first kappa shape index (κ1) is 47.6. The largest absolute Gasteiger partial charge is 0.459 e. The van der Waals surface area contributed by atoms with Gasteiger partial charge >= 0.3 is 17.9 Å². The molecule has 2 aliphatic rings. The van der Waals surface area contributed by atoms with Gasteiger partial charge in [0.15, 0.2) is 6.29 Å². The minimum Gasteiger partial charge on any atom is -0.459 e. The molecule has 0 aromatic carbocycles. The molecule has 18 heteroatoms. The number of esters is 3. The van der Waals surface area contributed by atoms with Crippen molar-refractivity contribution in [2.75, 3.05) is 98.2 Å². The van der Waals surface area contributed by atoms with Crippen LogP contribution in [0.25, 0.3) is 0 Å². The van der Waals surface area contributed by atoms with Gasteiger partial charge in [-0.3, -0.25) is 38.8 Å². The monoisotopic (exact) mass is 776 g/mol. The van der Waals surface area contributed by atoms with Gasteiger partial charge in [0.05, 0.1) is 26.2 Å². The van der Waals surface area contributed by atoms with Crippen LogP contribution in [0, 0.1) is 0 Å². The average molecular weight is 777 g/mol. The number of aliphatic hydroxyl groups is 4. The molecule has 0 saturated carbocycles. The molecule has 1 amide bonds. The maximum absolute atomic E-state index is 13.1. The van der Waals surface area contributed by atoms with Crippen molar-refractivity contribution in [3.05, 3.63) is 0 Å². The number of aliphatic hydroxyl groups excluding tert-OH is 4. The first-order valence-corrected chi connectivity index (χ1v) is 18.8. The number of hydrogen-bond acceptors (Lipinski definition) is 17. The number of ether oxygens (including phenoxy) is 4. The molecule has 2 rings (SSSR count). The van der Waals surface area contributed by atoms with E-state index in [0.29, 0.717) is 58.9 Å². The Morgan fingerprint density at radius 2 is 0.907 bits per heavy atom. The van der Waals surface area contributed by atoms with Gasteiger partial charge in [-0.25, -0.2) is 0 Å². The number of nitrogens with zero attached hydrogens (tertiary/aromatic N) is 4. The Labute approximate surface area is 320 Å². The number of carbonyl (C=O) groups excluding carboxylic acids is 4. The summed E-state index contributed by atoms with van der Waals surface area (Å²) in [7, 11) is 0. The van der Waals surface area contributed by atoms with Gasteiger partial charge in [-0.15, -0.1) is 0 Å². The molecule has 0 aromatic rings. The first-order chi connectivity index (χ1) is 24.9. The highest BCUT2D eigenvalue weighted by Gasteiger charge is 2.42. The second-order valence-corrected chi connectivity index (χ2v) is 17.0. The molecule has 6 N–H and O–H groups in total. The zero-order chi connectivity index (χ0) is 40.9. The number of nitrogens with one attached hydrogen (secondary N) is 2. The molecule has 2 fully saturated rings. The van der Waals surface area contributed by atoms with E-state index < -0.39 is 47.5 Å². The molecule has 2 saturated heterocycles. The SMILES string of the molecule is CC(C)(C)OC(=O)CN1CCN(CC(=O)NCCNCC2O[C@@H](O)C(O)C(O)[C@@H]2O)CCN(CC(=O)OC(C)(C)C)CCN(CC(=O)OC(C)(C)C)CC1. The van der Waals surface area contributed by atoms with Crippen molar-refractivity contribution < 1.29 is 58.6 Å². The maximum atomic E-state index is 13.1. The summed E-state index contributed by atoms with van der Waals surface area (Å²) in [5, 5.41) is 45.3. The Morgan fingerprint density at radius 3 is 1.26 bits per heavy atom. The molecule has 0 radical (unpaired) electrons. The predicted octanol–water partition coefficient (Wildman–Crippen LogP) is -2.26. The summed E-state index contributed by atoms with van der Waals surface area (Å²) >= 11 is 0. The molecule has 0 aliphatic carbocycles. The molecule has 2 heterocycles. The van der Waals surface area contributed by atoms with Crippen LogP contribution >= 0.6 is 0 Å². The highest BCUT2D eigenvalue weighted by molar-refractivity contribution is 5.78. The third kappa shape index (κ3) is 19.9. The van der Waals surface area contributed by atoms with Crippen LogP contribution in [-0.4, -0.2) is 210 Å². The normalized spacial score (nSPS) is 25.2. The van der Waals surface area contributed by atoms with Crippen molar-refractivity contribution in [3.8, 4) is 0 Å². The summed E-state index contributed by atoms with van der Waals surface area (Å²) in [6, 6.07) is 0. The van der Waals surface area contributed by atoms with Crippen LogP contribution in [0.3, 0.4) is 0 Å². The van der Waals surface area contributed by atoms with E-state index in [1.165, 1.54) is 0 Å². The lowest BCUT2D eigenvalue weighted by Crippen LogP contribution is -2.59. The van der Waals surface area contributed by atoms with Crippen molar-refractivity contribution in [3.63, 3.8) is 0 Å². The summed E-state index contributed by atoms with van der Waals surface area (Å²) in [6.07, 6.45) is -7.18. The van der Waals surface area contributed by atoms with Gasteiger partial charge in [0.25, 0.3) is 0 Å². The molecule has 18 nitrogen and oxygen atoms in total. The quantitative estimate of drug-likeness (QED) is 0.0660. The van der Waals surface area contributed by atoms with Crippen molar-refractivity contribution in [1.29, 1.82) is 0 Å². The fourth-order valence-corrected chi connectivity index (χ4v) is 5.77. The molecule has 5 atom stereocenters. The van der Waals surface area contributed by atoms with Crippen LogP contribution in [0.15, 0.2) is 0 Å². The molecular formula is C36H68N6O12. The summed E-state index contributed by atoms with van der Waals surface area (Å²) < 4.78 is 22.0. The third-order valence-corrected chi connectivity index (χ3v) is 8.27. The van der Waals surface area contributed by atoms with E-state index in [0.717, 1.165) is 0 Å². The van der Waals surface area contributed by atoms with Gasteiger partial charge < -0.3 is 50.0 Å².